The number of benzene rings is 1. The number of aromatic nitrogens is 1. The molecular weight excluding hydrogens is 307 g/mol. The normalized spacial score (nSPS) is 12.2. The Labute approximate surface area is 135 Å². The Bertz CT molecular complexity index is 605. The molecule has 2 aromatic rings. The lowest BCUT2D eigenvalue weighted by Gasteiger charge is -2.21. The standard InChI is InChI=1S/C16H18Cl2N2O/c1-3-20-15(8-11-6-7-19-10-14(11)18)13-5-4-12(17)9-16(13)21-2/h4-7,9-10,15,20H,3,8H2,1-2H3. The van der Waals surface area contributed by atoms with Crippen LogP contribution in [0.25, 0.3) is 0 Å². The molecule has 1 unspecified atom stereocenters. The number of methoxy groups -OCH3 is 1. The van der Waals surface area contributed by atoms with Crippen molar-refractivity contribution >= 4 is 23.2 Å². The van der Waals surface area contributed by atoms with Crippen LogP contribution in [0, 0.1) is 0 Å². The summed E-state index contributed by atoms with van der Waals surface area (Å²) in [5, 5.41) is 4.80. The fourth-order valence-electron chi connectivity index (χ4n) is 2.30. The summed E-state index contributed by atoms with van der Waals surface area (Å²) < 4.78 is 5.45. The van der Waals surface area contributed by atoms with E-state index in [0.29, 0.717) is 10.0 Å². The lowest BCUT2D eigenvalue weighted by Crippen LogP contribution is -2.23. The number of rotatable bonds is 6. The zero-order valence-corrected chi connectivity index (χ0v) is 13.6. The van der Waals surface area contributed by atoms with E-state index in [9.17, 15) is 0 Å². The second-order valence-corrected chi connectivity index (χ2v) is 5.51. The van der Waals surface area contributed by atoms with E-state index in [1.54, 1.807) is 19.5 Å². The predicted molar refractivity (Wildman–Crippen MR) is 87.4 cm³/mol. The van der Waals surface area contributed by atoms with Crippen LogP contribution in [0.3, 0.4) is 0 Å². The lowest BCUT2D eigenvalue weighted by atomic mass is 9.98. The third kappa shape index (κ3) is 4.10. The van der Waals surface area contributed by atoms with E-state index in [2.05, 4.69) is 17.2 Å². The molecule has 0 saturated heterocycles. The molecule has 1 N–H and O–H groups in total. The summed E-state index contributed by atoms with van der Waals surface area (Å²) in [7, 11) is 1.65. The Balaban J connectivity index is 2.33. The highest BCUT2D eigenvalue weighted by molar-refractivity contribution is 6.31. The molecule has 1 atom stereocenters. The minimum absolute atomic E-state index is 0.0992. The van der Waals surface area contributed by atoms with E-state index in [-0.39, 0.29) is 6.04 Å². The molecule has 0 aliphatic heterocycles. The highest BCUT2D eigenvalue weighted by atomic mass is 35.5. The summed E-state index contributed by atoms with van der Waals surface area (Å²) in [4.78, 5) is 4.02. The molecule has 0 radical (unpaired) electrons. The first-order valence-electron chi connectivity index (χ1n) is 6.81. The van der Waals surface area contributed by atoms with Crippen molar-refractivity contribution in [3.8, 4) is 5.75 Å². The summed E-state index contributed by atoms with van der Waals surface area (Å²) in [5.74, 6) is 0.777. The number of likely N-dealkylation sites (N-methyl/N-ethyl adjacent to an activating group) is 1. The number of ether oxygens (including phenoxy) is 1. The summed E-state index contributed by atoms with van der Waals surface area (Å²) in [6.45, 7) is 2.92. The fourth-order valence-corrected chi connectivity index (χ4v) is 2.66. The van der Waals surface area contributed by atoms with Gasteiger partial charge in [-0.1, -0.05) is 36.2 Å². The highest BCUT2D eigenvalue weighted by Crippen LogP contribution is 2.31. The Hall–Kier alpha value is -1.29. The third-order valence-electron chi connectivity index (χ3n) is 3.30. The third-order valence-corrected chi connectivity index (χ3v) is 3.88. The lowest BCUT2D eigenvalue weighted by molar-refractivity contribution is 0.399. The zero-order valence-electron chi connectivity index (χ0n) is 12.1. The van der Waals surface area contributed by atoms with Crippen LogP contribution < -0.4 is 10.1 Å². The van der Waals surface area contributed by atoms with Crippen LogP contribution in [0.15, 0.2) is 36.7 Å². The molecule has 1 aromatic carbocycles. The molecule has 0 bridgehead atoms. The van der Waals surface area contributed by atoms with Gasteiger partial charge >= 0.3 is 0 Å². The SMILES string of the molecule is CCNC(Cc1ccncc1Cl)c1ccc(Cl)cc1OC. The Morgan fingerprint density at radius 2 is 2.10 bits per heavy atom. The first kappa shape index (κ1) is 16.1. The number of hydrogen-bond acceptors (Lipinski definition) is 3. The molecule has 1 aromatic heterocycles. The van der Waals surface area contributed by atoms with Crippen molar-refractivity contribution in [1.82, 2.24) is 10.3 Å². The zero-order chi connectivity index (χ0) is 15.2. The van der Waals surface area contributed by atoms with Crippen molar-refractivity contribution in [2.24, 2.45) is 0 Å². The molecule has 0 saturated carbocycles. The molecule has 21 heavy (non-hydrogen) atoms. The number of pyridine rings is 1. The molecule has 2 rings (SSSR count). The van der Waals surface area contributed by atoms with Gasteiger partial charge in [0.05, 0.1) is 12.1 Å². The van der Waals surface area contributed by atoms with Crippen molar-refractivity contribution in [3.63, 3.8) is 0 Å². The van der Waals surface area contributed by atoms with Gasteiger partial charge in [-0.15, -0.1) is 0 Å². The quantitative estimate of drug-likeness (QED) is 0.860. The highest BCUT2D eigenvalue weighted by Gasteiger charge is 2.17. The molecule has 0 aliphatic carbocycles. The van der Waals surface area contributed by atoms with E-state index >= 15 is 0 Å². The molecule has 0 amide bonds. The van der Waals surface area contributed by atoms with Gasteiger partial charge in [0.2, 0.25) is 0 Å². The van der Waals surface area contributed by atoms with E-state index in [1.807, 2.05) is 24.3 Å². The molecule has 0 aliphatic rings. The van der Waals surface area contributed by atoms with Crippen molar-refractivity contribution in [1.29, 1.82) is 0 Å². The van der Waals surface area contributed by atoms with Gasteiger partial charge in [0.1, 0.15) is 5.75 Å². The van der Waals surface area contributed by atoms with Gasteiger partial charge in [0.25, 0.3) is 0 Å². The molecule has 0 fully saturated rings. The van der Waals surface area contributed by atoms with Crippen molar-refractivity contribution in [2.75, 3.05) is 13.7 Å². The largest absolute Gasteiger partial charge is 0.496 e. The maximum absolute atomic E-state index is 6.21. The van der Waals surface area contributed by atoms with Crippen molar-refractivity contribution in [2.45, 2.75) is 19.4 Å². The molecule has 3 nitrogen and oxygen atoms in total. The Morgan fingerprint density at radius 1 is 1.29 bits per heavy atom. The van der Waals surface area contributed by atoms with Crippen LogP contribution >= 0.6 is 23.2 Å². The topological polar surface area (TPSA) is 34.2 Å². The number of hydrogen-bond donors (Lipinski definition) is 1. The second-order valence-electron chi connectivity index (χ2n) is 4.67. The summed E-state index contributed by atoms with van der Waals surface area (Å²) in [6, 6.07) is 7.73. The van der Waals surface area contributed by atoms with Crippen LogP contribution in [-0.2, 0) is 6.42 Å². The van der Waals surface area contributed by atoms with Crippen LogP contribution in [-0.4, -0.2) is 18.6 Å². The Kier molecular flexibility index (Phi) is 5.85. The monoisotopic (exact) mass is 324 g/mol. The van der Waals surface area contributed by atoms with Crippen molar-refractivity contribution < 1.29 is 4.74 Å². The second kappa shape index (κ2) is 7.64. The maximum Gasteiger partial charge on any atom is 0.125 e. The number of halogens is 2. The van der Waals surface area contributed by atoms with Gasteiger partial charge < -0.3 is 10.1 Å². The van der Waals surface area contributed by atoms with Gasteiger partial charge in [-0.25, -0.2) is 0 Å². The molecule has 0 spiro atoms. The van der Waals surface area contributed by atoms with Gasteiger partial charge in [0.15, 0.2) is 0 Å². The van der Waals surface area contributed by atoms with Crippen LogP contribution in [0.5, 0.6) is 5.75 Å². The van der Waals surface area contributed by atoms with Crippen LogP contribution in [0.1, 0.15) is 24.1 Å². The summed E-state index contributed by atoms with van der Waals surface area (Å²) >= 11 is 12.2. The smallest absolute Gasteiger partial charge is 0.125 e. The fraction of sp³-hybridized carbons (Fsp3) is 0.312. The Morgan fingerprint density at radius 3 is 2.76 bits per heavy atom. The minimum atomic E-state index is 0.0992. The first-order chi connectivity index (χ1) is 10.2. The predicted octanol–water partition coefficient (Wildman–Crippen LogP) is 4.29. The molecule has 1 heterocycles. The van der Waals surface area contributed by atoms with Crippen LogP contribution in [0.4, 0.5) is 0 Å². The average Bonchev–Trinajstić information content (AvgIpc) is 2.49. The molecule has 5 heteroatoms. The maximum atomic E-state index is 6.21. The van der Waals surface area contributed by atoms with E-state index in [0.717, 1.165) is 29.8 Å². The van der Waals surface area contributed by atoms with Crippen molar-refractivity contribution in [3.05, 3.63) is 57.8 Å². The van der Waals surface area contributed by atoms with Crippen LogP contribution in [0.2, 0.25) is 10.0 Å². The van der Waals surface area contributed by atoms with E-state index in [1.165, 1.54) is 0 Å². The van der Waals surface area contributed by atoms with Gasteiger partial charge in [-0.3, -0.25) is 4.98 Å². The van der Waals surface area contributed by atoms with E-state index < -0.39 is 0 Å². The number of nitrogens with zero attached hydrogens (tertiary/aromatic N) is 1. The first-order valence-corrected chi connectivity index (χ1v) is 7.56. The summed E-state index contributed by atoms with van der Waals surface area (Å²) in [5.41, 5.74) is 2.12. The minimum Gasteiger partial charge on any atom is -0.496 e. The molecular formula is C16H18Cl2N2O. The van der Waals surface area contributed by atoms with Gasteiger partial charge in [0, 0.05) is 29.0 Å². The number of nitrogens with one attached hydrogen (secondary N) is 1. The van der Waals surface area contributed by atoms with Gasteiger partial charge in [-0.05, 0) is 36.7 Å². The average molecular weight is 325 g/mol. The van der Waals surface area contributed by atoms with Gasteiger partial charge in [-0.2, -0.15) is 0 Å². The molecule has 112 valence electrons. The summed E-state index contributed by atoms with van der Waals surface area (Å²) in [6.07, 6.45) is 4.18. The van der Waals surface area contributed by atoms with E-state index in [4.69, 9.17) is 27.9 Å².